The van der Waals surface area contributed by atoms with E-state index in [4.69, 9.17) is 0 Å². The maximum absolute atomic E-state index is 4.10. The fourth-order valence-electron chi connectivity index (χ4n) is 0.874. The zero-order valence-electron chi connectivity index (χ0n) is 7.09. The molecule has 0 amide bonds. The van der Waals surface area contributed by atoms with Crippen LogP contribution in [0.1, 0.15) is 28.5 Å². The van der Waals surface area contributed by atoms with Crippen molar-refractivity contribution in [3.05, 3.63) is 18.2 Å². The van der Waals surface area contributed by atoms with Gasteiger partial charge in [-0.15, -0.1) is 0 Å². The molecule has 72 valence electrons. The first-order valence-electron chi connectivity index (χ1n) is 3.98. The van der Waals surface area contributed by atoms with Crippen LogP contribution in [0.25, 0.3) is 0 Å². The monoisotopic (exact) mass is 171 g/mol. The molecular formula is C9H21N3. The highest BCUT2D eigenvalue weighted by Gasteiger charge is 1.94. The molecule has 0 aliphatic carbocycles. The summed E-state index contributed by atoms with van der Waals surface area (Å²) in [5.41, 5.74) is 0. The first-order chi connectivity index (χ1) is 5.29. The maximum Gasteiger partial charge on any atom is 0.120 e. The Labute approximate surface area is 76.1 Å². The topological polar surface area (TPSA) is 40.7 Å². The molecular weight excluding hydrogens is 150 g/mol. The summed E-state index contributed by atoms with van der Waals surface area (Å²) in [7, 11) is 0. The third-order valence-corrected chi connectivity index (χ3v) is 1.40. The SMILES string of the molecule is C.CC(C)CNCc1ncc[nH]1.[HH]. The molecule has 0 atom stereocenters. The van der Waals surface area contributed by atoms with Crippen LogP contribution in [0.5, 0.6) is 0 Å². The van der Waals surface area contributed by atoms with Crippen molar-refractivity contribution in [2.24, 2.45) is 5.92 Å². The molecule has 0 aliphatic heterocycles. The van der Waals surface area contributed by atoms with Gasteiger partial charge in [-0.2, -0.15) is 0 Å². The van der Waals surface area contributed by atoms with Crippen LogP contribution in [0.2, 0.25) is 0 Å². The van der Waals surface area contributed by atoms with Crippen molar-refractivity contribution in [1.29, 1.82) is 0 Å². The molecule has 1 aromatic heterocycles. The van der Waals surface area contributed by atoms with Crippen LogP contribution in [-0.2, 0) is 6.54 Å². The van der Waals surface area contributed by atoms with E-state index < -0.39 is 0 Å². The molecule has 3 heteroatoms. The second-order valence-corrected chi connectivity index (χ2v) is 3.06. The number of hydrogen-bond acceptors (Lipinski definition) is 2. The van der Waals surface area contributed by atoms with Gasteiger partial charge >= 0.3 is 0 Å². The summed E-state index contributed by atoms with van der Waals surface area (Å²) >= 11 is 0. The van der Waals surface area contributed by atoms with Gasteiger partial charge in [0.1, 0.15) is 5.82 Å². The highest BCUT2D eigenvalue weighted by atomic mass is 15.0. The molecule has 1 rings (SSSR count). The second-order valence-electron chi connectivity index (χ2n) is 3.06. The standard InChI is InChI=1S/C8H15N3.CH4.H2/c1-7(2)5-9-6-8-10-3-4-11-8;;/h3-4,7,9H,5-6H2,1-2H3,(H,10,11);1H4;1H. The molecule has 0 saturated carbocycles. The van der Waals surface area contributed by atoms with Crippen LogP contribution < -0.4 is 5.32 Å². The first-order valence-corrected chi connectivity index (χ1v) is 3.98. The lowest BCUT2D eigenvalue weighted by molar-refractivity contribution is 0.544. The van der Waals surface area contributed by atoms with E-state index >= 15 is 0 Å². The number of imidazole rings is 1. The van der Waals surface area contributed by atoms with Crippen LogP contribution in [0.15, 0.2) is 12.4 Å². The molecule has 0 saturated heterocycles. The van der Waals surface area contributed by atoms with Crippen molar-refractivity contribution < 1.29 is 1.43 Å². The molecule has 0 aromatic carbocycles. The number of H-pyrrole nitrogens is 1. The Morgan fingerprint density at radius 3 is 2.92 bits per heavy atom. The van der Waals surface area contributed by atoms with Crippen LogP contribution in [-0.4, -0.2) is 16.5 Å². The van der Waals surface area contributed by atoms with E-state index in [9.17, 15) is 0 Å². The maximum atomic E-state index is 4.10. The van der Waals surface area contributed by atoms with Crippen molar-refractivity contribution in [2.75, 3.05) is 6.54 Å². The molecule has 0 fully saturated rings. The molecule has 3 nitrogen and oxygen atoms in total. The Morgan fingerprint density at radius 1 is 1.67 bits per heavy atom. The van der Waals surface area contributed by atoms with Crippen molar-refractivity contribution in [1.82, 2.24) is 15.3 Å². The number of nitrogens with one attached hydrogen (secondary N) is 2. The van der Waals surface area contributed by atoms with E-state index in [2.05, 4.69) is 29.1 Å². The van der Waals surface area contributed by atoms with Gasteiger partial charge < -0.3 is 10.3 Å². The largest absolute Gasteiger partial charge is 0.348 e. The summed E-state index contributed by atoms with van der Waals surface area (Å²) in [6.45, 7) is 6.26. The minimum absolute atomic E-state index is 0. The predicted octanol–water partition coefficient (Wildman–Crippen LogP) is 2.04. The predicted molar refractivity (Wildman–Crippen MR) is 54.0 cm³/mol. The zero-order chi connectivity index (χ0) is 8.10. The third-order valence-electron chi connectivity index (χ3n) is 1.40. The number of rotatable bonds is 4. The van der Waals surface area contributed by atoms with Gasteiger partial charge in [0.25, 0.3) is 0 Å². The van der Waals surface area contributed by atoms with Gasteiger partial charge in [0.05, 0.1) is 6.54 Å². The molecule has 1 aromatic rings. The second kappa shape index (κ2) is 5.77. The van der Waals surface area contributed by atoms with Crippen LogP contribution >= 0.6 is 0 Å². The van der Waals surface area contributed by atoms with Gasteiger partial charge in [0.15, 0.2) is 0 Å². The molecule has 0 unspecified atom stereocenters. The lowest BCUT2D eigenvalue weighted by Crippen LogP contribution is -2.19. The zero-order valence-corrected chi connectivity index (χ0v) is 7.09. The Morgan fingerprint density at radius 2 is 2.42 bits per heavy atom. The Kier molecular flexibility index (Phi) is 5.37. The summed E-state index contributed by atoms with van der Waals surface area (Å²) in [4.78, 5) is 7.13. The molecule has 0 bridgehead atoms. The quantitative estimate of drug-likeness (QED) is 0.727. The third kappa shape index (κ3) is 4.13. The molecule has 0 aliphatic rings. The van der Waals surface area contributed by atoms with E-state index in [1.165, 1.54) is 0 Å². The molecule has 2 N–H and O–H groups in total. The van der Waals surface area contributed by atoms with Crippen molar-refractivity contribution in [3.8, 4) is 0 Å². The van der Waals surface area contributed by atoms with Crippen molar-refractivity contribution >= 4 is 0 Å². The van der Waals surface area contributed by atoms with Gasteiger partial charge in [-0.1, -0.05) is 21.3 Å². The molecule has 1 heterocycles. The smallest absolute Gasteiger partial charge is 0.120 e. The van der Waals surface area contributed by atoms with Gasteiger partial charge in [-0.05, 0) is 12.5 Å². The minimum atomic E-state index is 0. The average Bonchev–Trinajstić information content (AvgIpc) is 2.39. The van der Waals surface area contributed by atoms with Gasteiger partial charge in [-0.25, -0.2) is 4.98 Å². The number of hydrogen-bond donors (Lipinski definition) is 2. The lowest BCUT2D eigenvalue weighted by atomic mass is 10.2. The first kappa shape index (κ1) is 11.2. The Balaban J connectivity index is 0. The fourth-order valence-corrected chi connectivity index (χ4v) is 0.874. The summed E-state index contributed by atoms with van der Waals surface area (Å²) in [6.07, 6.45) is 3.61. The summed E-state index contributed by atoms with van der Waals surface area (Å²) < 4.78 is 0. The molecule has 0 spiro atoms. The highest BCUT2D eigenvalue weighted by Crippen LogP contribution is 1.90. The van der Waals surface area contributed by atoms with E-state index in [-0.39, 0.29) is 8.85 Å². The highest BCUT2D eigenvalue weighted by molar-refractivity contribution is 4.85. The van der Waals surface area contributed by atoms with Gasteiger partial charge in [-0.3, -0.25) is 0 Å². The summed E-state index contributed by atoms with van der Waals surface area (Å²) in [5.74, 6) is 1.70. The van der Waals surface area contributed by atoms with E-state index in [0.717, 1.165) is 18.9 Å². The van der Waals surface area contributed by atoms with Crippen LogP contribution in [0, 0.1) is 5.92 Å². The lowest BCUT2D eigenvalue weighted by Gasteiger charge is -2.04. The van der Waals surface area contributed by atoms with E-state index in [1.54, 1.807) is 6.20 Å². The summed E-state index contributed by atoms with van der Waals surface area (Å²) in [5, 5.41) is 3.29. The van der Waals surface area contributed by atoms with Gasteiger partial charge in [0, 0.05) is 13.8 Å². The van der Waals surface area contributed by atoms with E-state index in [0.29, 0.717) is 5.92 Å². The summed E-state index contributed by atoms with van der Waals surface area (Å²) in [6, 6.07) is 0. The number of nitrogens with zero attached hydrogens (tertiary/aromatic N) is 1. The number of aromatic amines is 1. The molecule has 12 heavy (non-hydrogen) atoms. The Hall–Kier alpha value is -0.830. The van der Waals surface area contributed by atoms with Gasteiger partial charge in [0.2, 0.25) is 0 Å². The fraction of sp³-hybridized carbons (Fsp3) is 0.667. The van der Waals surface area contributed by atoms with Crippen molar-refractivity contribution in [3.63, 3.8) is 0 Å². The van der Waals surface area contributed by atoms with Crippen molar-refractivity contribution in [2.45, 2.75) is 27.8 Å². The normalized spacial score (nSPS) is 9.92. The Bertz CT molecular complexity index is 185. The minimum Gasteiger partial charge on any atom is -0.348 e. The van der Waals surface area contributed by atoms with E-state index in [1.807, 2.05) is 6.20 Å². The molecule has 0 radical (unpaired) electrons. The van der Waals surface area contributed by atoms with Crippen LogP contribution in [0.4, 0.5) is 0 Å². The average molecular weight is 171 g/mol. The number of aromatic nitrogens is 2. The van der Waals surface area contributed by atoms with Crippen LogP contribution in [0.3, 0.4) is 0 Å².